The zero-order valence-corrected chi connectivity index (χ0v) is 7.99. The number of ether oxygens (including phenoxy) is 2. The van der Waals surface area contributed by atoms with E-state index in [1.54, 1.807) is 14.2 Å². The lowest BCUT2D eigenvalue weighted by Crippen LogP contribution is -2.15. The van der Waals surface area contributed by atoms with Crippen LogP contribution in [0.2, 0.25) is 0 Å². The Kier molecular flexibility index (Phi) is 3.73. The lowest BCUT2D eigenvalue weighted by Gasteiger charge is -2.10. The minimum Gasteiger partial charge on any atom is -0.497 e. The van der Waals surface area contributed by atoms with Crippen molar-refractivity contribution in [3.05, 3.63) is 29.8 Å². The van der Waals surface area contributed by atoms with Gasteiger partial charge in [-0.15, -0.1) is 0 Å². The molecule has 1 atom stereocenters. The van der Waals surface area contributed by atoms with Gasteiger partial charge in [0.05, 0.1) is 19.8 Å². The van der Waals surface area contributed by atoms with E-state index in [0.29, 0.717) is 6.61 Å². The van der Waals surface area contributed by atoms with Gasteiger partial charge in [0, 0.05) is 7.11 Å². The number of hydrogen-bond donors (Lipinski definition) is 1. The second-order valence-electron chi connectivity index (χ2n) is 2.83. The quantitative estimate of drug-likeness (QED) is 0.762. The van der Waals surface area contributed by atoms with E-state index in [2.05, 4.69) is 0 Å². The highest BCUT2D eigenvalue weighted by molar-refractivity contribution is 5.28. The van der Waals surface area contributed by atoms with Crippen molar-refractivity contribution in [1.29, 1.82) is 0 Å². The van der Waals surface area contributed by atoms with E-state index in [1.807, 2.05) is 24.3 Å². The molecule has 13 heavy (non-hydrogen) atoms. The van der Waals surface area contributed by atoms with Crippen LogP contribution in [0.3, 0.4) is 0 Å². The van der Waals surface area contributed by atoms with Crippen molar-refractivity contribution < 1.29 is 9.47 Å². The van der Waals surface area contributed by atoms with Crippen molar-refractivity contribution in [1.82, 2.24) is 0 Å². The molecule has 0 radical (unpaired) electrons. The first-order valence-corrected chi connectivity index (χ1v) is 4.16. The van der Waals surface area contributed by atoms with Crippen molar-refractivity contribution in [2.24, 2.45) is 5.73 Å². The zero-order valence-electron chi connectivity index (χ0n) is 7.99. The van der Waals surface area contributed by atoms with Gasteiger partial charge in [-0.2, -0.15) is 0 Å². The predicted molar refractivity (Wildman–Crippen MR) is 51.8 cm³/mol. The average molecular weight is 181 g/mol. The second kappa shape index (κ2) is 4.84. The van der Waals surface area contributed by atoms with Gasteiger partial charge in [0.15, 0.2) is 0 Å². The Balaban J connectivity index is 2.67. The maximum Gasteiger partial charge on any atom is 0.118 e. The standard InChI is InChI=1S/C10H15NO2/c1-12-7-10(11)8-3-5-9(13-2)6-4-8/h3-6,10H,7,11H2,1-2H3/t10-/m0/s1. The molecular weight excluding hydrogens is 166 g/mol. The summed E-state index contributed by atoms with van der Waals surface area (Å²) in [7, 11) is 3.29. The SMILES string of the molecule is COC[C@H](N)c1ccc(OC)cc1. The molecule has 1 rings (SSSR count). The first kappa shape index (κ1) is 10.0. The van der Waals surface area contributed by atoms with Crippen LogP contribution >= 0.6 is 0 Å². The van der Waals surface area contributed by atoms with Crippen molar-refractivity contribution in [2.45, 2.75) is 6.04 Å². The van der Waals surface area contributed by atoms with Crippen LogP contribution in [0.4, 0.5) is 0 Å². The molecule has 0 unspecified atom stereocenters. The molecule has 3 heteroatoms. The Hall–Kier alpha value is -1.06. The fourth-order valence-corrected chi connectivity index (χ4v) is 1.13. The third kappa shape index (κ3) is 2.72. The van der Waals surface area contributed by atoms with E-state index in [9.17, 15) is 0 Å². The summed E-state index contributed by atoms with van der Waals surface area (Å²) in [5.74, 6) is 0.841. The van der Waals surface area contributed by atoms with Crippen LogP contribution in [0.5, 0.6) is 5.75 Å². The molecule has 0 aromatic heterocycles. The Labute approximate surface area is 78.5 Å². The number of rotatable bonds is 4. The third-order valence-corrected chi connectivity index (χ3v) is 1.89. The highest BCUT2D eigenvalue weighted by Gasteiger charge is 2.04. The summed E-state index contributed by atoms with van der Waals surface area (Å²) < 4.78 is 10.00. The monoisotopic (exact) mass is 181 g/mol. The van der Waals surface area contributed by atoms with Crippen molar-refractivity contribution in [2.75, 3.05) is 20.8 Å². The smallest absolute Gasteiger partial charge is 0.118 e. The molecule has 0 heterocycles. The minimum absolute atomic E-state index is 0.0593. The van der Waals surface area contributed by atoms with Crippen LogP contribution in [0.15, 0.2) is 24.3 Å². The van der Waals surface area contributed by atoms with Crippen LogP contribution in [0.1, 0.15) is 11.6 Å². The van der Waals surface area contributed by atoms with Gasteiger partial charge < -0.3 is 15.2 Å². The first-order valence-electron chi connectivity index (χ1n) is 4.16. The summed E-state index contributed by atoms with van der Waals surface area (Å²) in [4.78, 5) is 0. The Morgan fingerprint density at radius 1 is 1.23 bits per heavy atom. The molecule has 3 nitrogen and oxygen atoms in total. The maximum absolute atomic E-state index is 5.83. The van der Waals surface area contributed by atoms with Gasteiger partial charge in [-0.1, -0.05) is 12.1 Å². The molecule has 0 bridgehead atoms. The molecule has 1 aromatic carbocycles. The van der Waals surface area contributed by atoms with Gasteiger partial charge in [0.2, 0.25) is 0 Å². The molecule has 0 aliphatic rings. The number of nitrogens with two attached hydrogens (primary N) is 1. The molecular formula is C10H15NO2. The molecule has 2 N–H and O–H groups in total. The third-order valence-electron chi connectivity index (χ3n) is 1.89. The highest BCUT2D eigenvalue weighted by atomic mass is 16.5. The van der Waals surface area contributed by atoms with Crippen LogP contribution in [-0.2, 0) is 4.74 Å². The highest BCUT2D eigenvalue weighted by Crippen LogP contribution is 2.15. The summed E-state index contributed by atoms with van der Waals surface area (Å²) in [5, 5.41) is 0. The largest absolute Gasteiger partial charge is 0.497 e. The van der Waals surface area contributed by atoms with Crippen molar-refractivity contribution in [3.8, 4) is 5.75 Å². The topological polar surface area (TPSA) is 44.5 Å². The molecule has 0 amide bonds. The van der Waals surface area contributed by atoms with Crippen LogP contribution in [0, 0.1) is 0 Å². The van der Waals surface area contributed by atoms with E-state index >= 15 is 0 Å². The fourth-order valence-electron chi connectivity index (χ4n) is 1.13. The molecule has 1 aromatic rings. The molecule has 0 saturated carbocycles. The predicted octanol–water partition coefficient (Wildman–Crippen LogP) is 1.34. The zero-order chi connectivity index (χ0) is 9.68. The van der Waals surface area contributed by atoms with Crippen LogP contribution in [-0.4, -0.2) is 20.8 Å². The van der Waals surface area contributed by atoms with E-state index in [4.69, 9.17) is 15.2 Å². The van der Waals surface area contributed by atoms with Crippen molar-refractivity contribution in [3.63, 3.8) is 0 Å². The second-order valence-corrected chi connectivity index (χ2v) is 2.83. The van der Waals surface area contributed by atoms with Crippen molar-refractivity contribution >= 4 is 0 Å². The summed E-state index contributed by atoms with van der Waals surface area (Å²) in [6, 6.07) is 7.62. The first-order chi connectivity index (χ1) is 6.27. The summed E-state index contributed by atoms with van der Waals surface area (Å²) >= 11 is 0. The summed E-state index contributed by atoms with van der Waals surface area (Å²) in [5.41, 5.74) is 6.89. The Bertz CT molecular complexity index is 246. The molecule has 0 saturated heterocycles. The van der Waals surface area contributed by atoms with Gasteiger partial charge in [0.1, 0.15) is 5.75 Å². The maximum atomic E-state index is 5.83. The number of benzene rings is 1. The Morgan fingerprint density at radius 3 is 2.31 bits per heavy atom. The van der Waals surface area contributed by atoms with Gasteiger partial charge in [-0.05, 0) is 17.7 Å². The van der Waals surface area contributed by atoms with Gasteiger partial charge >= 0.3 is 0 Å². The lowest BCUT2D eigenvalue weighted by molar-refractivity contribution is 0.181. The van der Waals surface area contributed by atoms with E-state index < -0.39 is 0 Å². The number of hydrogen-bond acceptors (Lipinski definition) is 3. The summed E-state index contributed by atoms with van der Waals surface area (Å²) in [6.45, 7) is 0.534. The van der Waals surface area contributed by atoms with Gasteiger partial charge in [0.25, 0.3) is 0 Å². The van der Waals surface area contributed by atoms with Crippen LogP contribution < -0.4 is 10.5 Å². The van der Waals surface area contributed by atoms with Gasteiger partial charge in [-0.3, -0.25) is 0 Å². The van der Waals surface area contributed by atoms with E-state index in [-0.39, 0.29) is 6.04 Å². The van der Waals surface area contributed by atoms with E-state index in [1.165, 1.54) is 0 Å². The molecule has 0 aliphatic heterocycles. The Morgan fingerprint density at radius 2 is 1.85 bits per heavy atom. The minimum atomic E-state index is -0.0593. The molecule has 72 valence electrons. The molecule has 0 spiro atoms. The molecule has 0 aliphatic carbocycles. The fraction of sp³-hybridized carbons (Fsp3) is 0.400. The van der Waals surface area contributed by atoms with Gasteiger partial charge in [-0.25, -0.2) is 0 Å². The average Bonchev–Trinajstić information content (AvgIpc) is 2.18. The van der Waals surface area contributed by atoms with Crippen LogP contribution in [0.25, 0.3) is 0 Å². The lowest BCUT2D eigenvalue weighted by atomic mass is 10.1. The normalized spacial score (nSPS) is 12.5. The summed E-state index contributed by atoms with van der Waals surface area (Å²) in [6.07, 6.45) is 0. The number of methoxy groups -OCH3 is 2. The van der Waals surface area contributed by atoms with E-state index in [0.717, 1.165) is 11.3 Å². The molecule has 0 fully saturated rings.